The molecule has 0 spiro atoms. The number of aryl methyl sites for hydroxylation is 1. The maximum absolute atomic E-state index is 4.47. The Labute approximate surface area is 95.4 Å². The van der Waals surface area contributed by atoms with Gasteiger partial charge >= 0.3 is 0 Å². The molecule has 0 radical (unpaired) electrons. The van der Waals surface area contributed by atoms with Crippen molar-refractivity contribution in [1.29, 1.82) is 0 Å². The topological polar surface area (TPSA) is 43.6 Å². The van der Waals surface area contributed by atoms with E-state index in [1.165, 1.54) is 5.56 Å². The van der Waals surface area contributed by atoms with Crippen LogP contribution in [0.5, 0.6) is 0 Å². The predicted octanol–water partition coefficient (Wildman–Crippen LogP) is 2.48. The first-order valence-corrected chi connectivity index (χ1v) is 5.56. The van der Waals surface area contributed by atoms with E-state index in [2.05, 4.69) is 28.9 Å². The van der Waals surface area contributed by atoms with Crippen LogP contribution in [0, 0.1) is 6.92 Å². The Morgan fingerprint density at radius 2 is 2.25 bits per heavy atom. The molecule has 0 fully saturated rings. The van der Waals surface area contributed by atoms with Crippen molar-refractivity contribution in [3.63, 3.8) is 0 Å². The van der Waals surface area contributed by atoms with Gasteiger partial charge in [-0.3, -0.25) is 0 Å². The second kappa shape index (κ2) is 4.43. The quantitative estimate of drug-likeness (QED) is 0.791. The average molecular weight is 216 g/mol. The summed E-state index contributed by atoms with van der Waals surface area (Å²) < 4.78 is 1.67. The molecular formula is C12H16N4. The molecule has 2 heterocycles. The van der Waals surface area contributed by atoms with E-state index in [0.717, 1.165) is 12.1 Å². The minimum atomic E-state index is 0.506. The van der Waals surface area contributed by atoms with Gasteiger partial charge in [-0.2, -0.15) is 5.10 Å². The van der Waals surface area contributed by atoms with E-state index in [-0.39, 0.29) is 0 Å². The molecule has 0 bridgehead atoms. The maximum atomic E-state index is 4.47. The van der Waals surface area contributed by atoms with E-state index in [1.807, 2.05) is 25.4 Å². The van der Waals surface area contributed by atoms with Crippen molar-refractivity contribution in [2.45, 2.75) is 33.1 Å². The van der Waals surface area contributed by atoms with Gasteiger partial charge in [0, 0.05) is 24.3 Å². The Bertz CT molecular complexity index is 462. The summed E-state index contributed by atoms with van der Waals surface area (Å²) in [5, 5.41) is 4.11. The standard InChI is InChI=1S/C12H16N4/c1-4-9(2)11-8-13-12(15-10(11)3)16-7-5-6-14-16/h5-9H,4H2,1-3H3. The van der Waals surface area contributed by atoms with Crippen LogP contribution in [-0.4, -0.2) is 19.7 Å². The zero-order valence-electron chi connectivity index (χ0n) is 9.88. The molecule has 0 aliphatic carbocycles. The summed E-state index contributed by atoms with van der Waals surface area (Å²) in [5.41, 5.74) is 2.26. The van der Waals surface area contributed by atoms with Crippen molar-refractivity contribution in [2.24, 2.45) is 0 Å². The van der Waals surface area contributed by atoms with Crippen LogP contribution >= 0.6 is 0 Å². The van der Waals surface area contributed by atoms with Crippen molar-refractivity contribution in [1.82, 2.24) is 19.7 Å². The molecule has 0 aliphatic rings. The minimum Gasteiger partial charge on any atom is -0.219 e. The second-order valence-corrected chi connectivity index (χ2v) is 3.97. The van der Waals surface area contributed by atoms with Gasteiger partial charge in [0.25, 0.3) is 5.95 Å². The molecule has 0 N–H and O–H groups in total. The number of hydrogen-bond donors (Lipinski definition) is 0. The molecule has 0 saturated heterocycles. The Morgan fingerprint density at radius 1 is 1.44 bits per heavy atom. The van der Waals surface area contributed by atoms with Gasteiger partial charge in [-0.05, 0) is 30.9 Å². The smallest absolute Gasteiger partial charge is 0.219 e. The van der Waals surface area contributed by atoms with Crippen molar-refractivity contribution in [3.8, 4) is 5.95 Å². The molecule has 2 rings (SSSR count). The highest BCUT2D eigenvalue weighted by atomic mass is 15.3. The summed E-state index contributed by atoms with van der Waals surface area (Å²) in [6.45, 7) is 6.39. The van der Waals surface area contributed by atoms with Gasteiger partial charge in [0.15, 0.2) is 0 Å². The molecule has 16 heavy (non-hydrogen) atoms. The molecule has 1 atom stereocenters. The number of hydrogen-bond acceptors (Lipinski definition) is 3. The SMILES string of the molecule is CCC(C)c1cnc(-n2cccn2)nc1C. The van der Waals surface area contributed by atoms with Crippen molar-refractivity contribution in [2.75, 3.05) is 0 Å². The summed E-state index contributed by atoms with van der Waals surface area (Å²) in [4.78, 5) is 8.81. The molecule has 0 aliphatic heterocycles. The number of aromatic nitrogens is 4. The number of nitrogens with zero attached hydrogens (tertiary/aromatic N) is 4. The lowest BCUT2D eigenvalue weighted by Gasteiger charge is -2.11. The van der Waals surface area contributed by atoms with Gasteiger partial charge in [0.1, 0.15) is 0 Å². The zero-order chi connectivity index (χ0) is 11.5. The van der Waals surface area contributed by atoms with Crippen LogP contribution in [0.3, 0.4) is 0 Å². The van der Waals surface area contributed by atoms with Gasteiger partial charge in [-0.15, -0.1) is 0 Å². The van der Waals surface area contributed by atoms with Crippen LogP contribution in [-0.2, 0) is 0 Å². The van der Waals surface area contributed by atoms with Crippen LogP contribution in [0.2, 0.25) is 0 Å². The molecule has 0 aromatic carbocycles. The average Bonchev–Trinajstić information content (AvgIpc) is 2.81. The second-order valence-electron chi connectivity index (χ2n) is 3.97. The van der Waals surface area contributed by atoms with Gasteiger partial charge in [0.05, 0.1) is 0 Å². The van der Waals surface area contributed by atoms with Crippen LogP contribution in [0.15, 0.2) is 24.7 Å². The normalized spacial score (nSPS) is 12.7. The largest absolute Gasteiger partial charge is 0.250 e. The molecular weight excluding hydrogens is 200 g/mol. The molecule has 4 nitrogen and oxygen atoms in total. The van der Waals surface area contributed by atoms with Crippen LogP contribution < -0.4 is 0 Å². The Kier molecular flexibility index (Phi) is 2.99. The Hall–Kier alpha value is -1.71. The van der Waals surface area contributed by atoms with E-state index < -0.39 is 0 Å². The minimum absolute atomic E-state index is 0.506. The zero-order valence-corrected chi connectivity index (χ0v) is 9.88. The summed E-state index contributed by atoms with van der Waals surface area (Å²) in [6, 6.07) is 1.86. The van der Waals surface area contributed by atoms with E-state index >= 15 is 0 Å². The molecule has 2 aromatic rings. The Balaban J connectivity index is 2.37. The van der Waals surface area contributed by atoms with E-state index in [1.54, 1.807) is 10.9 Å². The fourth-order valence-corrected chi connectivity index (χ4v) is 1.67. The van der Waals surface area contributed by atoms with E-state index in [9.17, 15) is 0 Å². The first-order chi connectivity index (χ1) is 7.72. The fraction of sp³-hybridized carbons (Fsp3) is 0.417. The van der Waals surface area contributed by atoms with Crippen LogP contribution in [0.1, 0.15) is 37.4 Å². The highest BCUT2D eigenvalue weighted by Crippen LogP contribution is 2.20. The van der Waals surface area contributed by atoms with Gasteiger partial charge in [0.2, 0.25) is 0 Å². The Morgan fingerprint density at radius 3 is 2.81 bits per heavy atom. The highest BCUT2D eigenvalue weighted by Gasteiger charge is 2.09. The highest BCUT2D eigenvalue weighted by molar-refractivity contribution is 5.24. The fourth-order valence-electron chi connectivity index (χ4n) is 1.67. The molecule has 2 aromatic heterocycles. The number of rotatable bonds is 3. The third-order valence-corrected chi connectivity index (χ3v) is 2.86. The molecule has 0 saturated carbocycles. The van der Waals surface area contributed by atoms with Crippen molar-refractivity contribution >= 4 is 0 Å². The molecule has 1 unspecified atom stereocenters. The maximum Gasteiger partial charge on any atom is 0.250 e. The monoisotopic (exact) mass is 216 g/mol. The first-order valence-electron chi connectivity index (χ1n) is 5.56. The van der Waals surface area contributed by atoms with Gasteiger partial charge in [-0.1, -0.05) is 13.8 Å². The summed E-state index contributed by atoms with van der Waals surface area (Å²) in [5.74, 6) is 1.14. The third-order valence-electron chi connectivity index (χ3n) is 2.86. The third kappa shape index (κ3) is 1.96. The molecule has 4 heteroatoms. The predicted molar refractivity (Wildman–Crippen MR) is 62.6 cm³/mol. The lowest BCUT2D eigenvalue weighted by atomic mass is 9.99. The summed E-state index contributed by atoms with van der Waals surface area (Å²) in [6.07, 6.45) is 6.58. The summed E-state index contributed by atoms with van der Waals surface area (Å²) in [7, 11) is 0. The lowest BCUT2D eigenvalue weighted by molar-refractivity contribution is 0.705. The first kappa shape index (κ1) is 10.8. The van der Waals surface area contributed by atoms with Crippen molar-refractivity contribution in [3.05, 3.63) is 35.9 Å². The lowest BCUT2D eigenvalue weighted by Crippen LogP contribution is -2.06. The van der Waals surface area contributed by atoms with Gasteiger partial charge < -0.3 is 0 Å². The summed E-state index contributed by atoms with van der Waals surface area (Å²) >= 11 is 0. The van der Waals surface area contributed by atoms with Crippen LogP contribution in [0.25, 0.3) is 5.95 Å². The van der Waals surface area contributed by atoms with Crippen molar-refractivity contribution < 1.29 is 0 Å². The van der Waals surface area contributed by atoms with E-state index in [0.29, 0.717) is 11.9 Å². The molecule has 0 amide bonds. The molecule has 84 valence electrons. The van der Waals surface area contributed by atoms with Gasteiger partial charge in [-0.25, -0.2) is 14.6 Å². The van der Waals surface area contributed by atoms with E-state index in [4.69, 9.17) is 0 Å². The van der Waals surface area contributed by atoms with Crippen LogP contribution in [0.4, 0.5) is 0 Å².